The molecule has 64 valence electrons. The molecule has 0 aliphatic heterocycles. The van der Waals surface area contributed by atoms with Gasteiger partial charge in [0.2, 0.25) is 0 Å². The minimum Gasteiger partial charge on any atom is -0.465 e. The zero-order valence-corrected chi connectivity index (χ0v) is 6.88. The second kappa shape index (κ2) is 3.92. The first-order valence-electron chi connectivity index (χ1n) is 3.22. The van der Waals surface area contributed by atoms with Crippen LogP contribution in [0.3, 0.4) is 0 Å². The summed E-state index contributed by atoms with van der Waals surface area (Å²) >= 11 is 5.52. The van der Waals surface area contributed by atoms with Gasteiger partial charge in [-0.1, -0.05) is 0 Å². The fourth-order valence-electron chi connectivity index (χ4n) is 0.752. The number of hydrogen-bond donors (Lipinski definition) is 2. The Morgan fingerprint density at radius 3 is 3.00 bits per heavy atom. The smallest absolute Gasteiger partial charge is 0.409 e. The first-order valence-corrected chi connectivity index (χ1v) is 3.75. The highest BCUT2D eigenvalue weighted by Gasteiger charge is 1.98. The van der Waals surface area contributed by atoms with Crippen molar-refractivity contribution < 1.29 is 9.90 Å². The lowest BCUT2D eigenvalue weighted by molar-refractivity contribution is 0.209. The number of rotatable bonds is 2. The molecule has 5 heteroatoms. The van der Waals surface area contributed by atoms with E-state index in [9.17, 15) is 4.79 Å². The first-order chi connectivity index (χ1) is 5.72. The number of hydrogen-bond acceptors (Lipinski definition) is 2. The van der Waals surface area contributed by atoms with Crippen molar-refractivity contribution in [2.75, 3.05) is 5.32 Å². The van der Waals surface area contributed by atoms with E-state index in [1.807, 2.05) is 0 Å². The Hall–Kier alpha value is -1.29. The van der Waals surface area contributed by atoms with Crippen molar-refractivity contribution in [2.24, 2.45) is 0 Å². The maximum Gasteiger partial charge on any atom is 0.409 e. The standard InChI is InChI=1S/C7H7ClN2O2/c8-2-5-1-6(4-9-3-5)10-7(11)12/h1,3-4,10H,2H2,(H,11,12). The number of carboxylic acid groups (broad SMARTS) is 1. The van der Waals surface area contributed by atoms with Crippen LogP contribution in [0.1, 0.15) is 5.56 Å². The van der Waals surface area contributed by atoms with Gasteiger partial charge in [-0.2, -0.15) is 0 Å². The summed E-state index contributed by atoms with van der Waals surface area (Å²) in [6, 6.07) is 1.63. The van der Waals surface area contributed by atoms with Crippen LogP contribution in [0.4, 0.5) is 10.5 Å². The van der Waals surface area contributed by atoms with Gasteiger partial charge in [-0.3, -0.25) is 10.3 Å². The number of nitrogens with one attached hydrogen (secondary N) is 1. The van der Waals surface area contributed by atoms with Crippen LogP contribution in [-0.4, -0.2) is 16.2 Å². The average Bonchev–Trinajstić information content (AvgIpc) is 2.03. The van der Waals surface area contributed by atoms with Gasteiger partial charge in [0, 0.05) is 12.1 Å². The lowest BCUT2D eigenvalue weighted by atomic mass is 10.3. The quantitative estimate of drug-likeness (QED) is 0.694. The Balaban J connectivity index is 2.79. The fraction of sp³-hybridized carbons (Fsp3) is 0.143. The molecule has 1 heterocycles. The molecule has 0 spiro atoms. The number of nitrogens with zero attached hydrogens (tertiary/aromatic N) is 1. The lowest BCUT2D eigenvalue weighted by Crippen LogP contribution is -2.07. The number of aromatic nitrogens is 1. The van der Waals surface area contributed by atoms with Crippen LogP contribution in [0.5, 0.6) is 0 Å². The molecule has 1 aromatic heterocycles. The van der Waals surface area contributed by atoms with E-state index < -0.39 is 6.09 Å². The predicted octanol–water partition coefficient (Wildman–Crippen LogP) is 1.91. The van der Waals surface area contributed by atoms with Gasteiger partial charge in [-0.25, -0.2) is 4.79 Å². The SMILES string of the molecule is O=C(O)Nc1cncc(CCl)c1. The minimum atomic E-state index is -1.11. The molecule has 1 rings (SSSR count). The molecule has 0 atom stereocenters. The molecule has 4 nitrogen and oxygen atoms in total. The summed E-state index contributed by atoms with van der Waals surface area (Å²) in [5.41, 5.74) is 1.21. The van der Waals surface area contributed by atoms with Gasteiger partial charge in [-0.05, 0) is 11.6 Å². The summed E-state index contributed by atoms with van der Waals surface area (Å²) in [6.45, 7) is 0. The fourth-order valence-corrected chi connectivity index (χ4v) is 0.899. The van der Waals surface area contributed by atoms with Gasteiger partial charge in [0.15, 0.2) is 0 Å². The van der Waals surface area contributed by atoms with E-state index >= 15 is 0 Å². The minimum absolute atomic E-state index is 0.322. The number of halogens is 1. The van der Waals surface area contributed by atoms with E-state index in [-0.39, 0.29) is 0 Å². The number of alkyl halides is 1. The van der Waals surface area contributed by atoms with Crippen LogP contribution in [0, 0.1) is 0 Å². The van der Waals surface area contributed by atoms with Crippen molar-refractivity contribution in [3.05, 3.63) is 24.0 Å². The van der Waals surface area contributed by atoms with Crippen molar-refractivity contribution in [2.45, 2.75) is 5.88 Å². The summed E-state index contributed by atoms with van der Waals surface area (Å²) in [5.74, 6) is 0.322. The summed E-state index contributed by atoms with van der Waals surface area (Å²) in [4.78, 5) is 14.0. The average molecular weight is 187 g/mol. The molecule has 1 aromatic rings. The molecule has 0 saturated carbocycles. The molecule has 0 aliphatic carbocycles. The highest BCUT2D eigenvalue weighted by molar-refractivity contribution is 6.17. The number of carbonyl (C=O) groups is 1. The molecule has 2 N–H and O–H groups in total. The highest BCUT2D eigenvalue weighted by Crippen LogP contribution is 2.09. The van der Waals surface area contributed by atoms with Gasteiger partial charge >= 0.3 is 6.09 Å². The Labute approximate surface area is 74.2 Å². The number of pyridine rings is 1. The van der Waals surface area contributed by atoms with Crippen LogP contribution in [0.2, 0.25) is 0 Å². The maximum absolute atomic E-state index is 10.2. The third-order valence-electron chi connectivity index (χ3n) is 1.20. The van der Waals surface area contributed by atoms with Crippen LogP contribution in [-0.2, 0) is 5.88 Å². The Bertz CT molecular complexity index is 290. The zero-order valence-electron chi connectivity index (χ0n) is 6.12. The van der Waals surface area contributed by atoms with E-state index in [0.29, 0.717) is 11.6 Å². The molecule has 0 aromatic carbocycles. The van der Waals surface area contributed by atoms with Gasteiger partial charge in [0.25, 0.3) is 0 Å². The molecule has 0 unspecified atom stereocenters. The van der Waals surface area contributed by atoms with E-state index in [1.54, 1.807) is 12.3 Å². The van der Waals surface area contributed by atoms with E-state index in [4.69, 9.17) is 16.7 Å². The van der Waals surface area contributed by atoms with E-state index in [1.165, 1.54) is 6.20 Å². The normalized spacial score (nSPS) is 9.42. The van der Waals surface area contributed by atoms with Crippen molar-refractivity contribution in [3.63, 3.8) is 0 Å². The molecular formula is C7H7ClN2O2. The molecular weight excluding hydrogens is 180 g/mol. The third-order valence-corrected chi connectivity index (χ3v) is 1.51. The van der Waals surface area contributed by atoms with Crippen LogP contribution in [0.15, 0.2) is 18.5 Å². The van der Waals surface area contributed by atoms with Crippen LogP contribution in [0.25, 0.3) is 0 Å². The molecule has 0 fully saturated rings. The van der Waals surface area contributed by atoms with Gasteiger partial charge in [0.05, 0.1) is 11.9 Å². The summed E-state index contributed by atoms with van der Waals surface area (Å²) in [7, 11) is 0. The topological polar surface area (TPSA) is 62.2 Å². The van der Waals surface area contributed by atoms with Gasteiger partial charge < -0.3 is 5.11 Å². The summed E-state index contributed by atoms with van der Waals surface area (Å²) < 4.78 is 0. The predicted molar refractivity (Wildman–Crippen MR) is 45.4 cm³/mol. The highest BCUT2D eigenvalue weighted by atomic mass is 35.5. The van der Waals surface area contributed by atoms with Crippen molar-refractivity contribution in [1.82, 2.24) is 4.98 Å². The molecule has 0 bridgehead atoms. The summed E-state index contributed by atoms with van der Waals surface area (Å²) in [5, 5.41) is 10.5. The molecule has 1 amide bonds. The number of anilines is 1. The maximum atomic E-state index is 10.2. The summed E-state index contributed by atoms with van der Waals surface area (Å²) in [6.07, 6.45) is 1.90. The second-order valence-corrected chi connectivity index (χ2v) is 2.41. The lowest BCUT2D eigenvalue weighted by Gasteiger charge is -2.00. The van der Waals surface area contributed by atoms with E-state index in [0.717, 1.165) is 5.56 Å². The largest absolute Gasteiger partial charge is 0.465 e. The molecule has 12 heavy (non-hydrogen) atoms. The van der Waals surface area contributed by atoms with Gasteiger partial charge in [0.1, 0.15) is 0 Å². The van der Waals surface area contributed by atoms with Gasteiger partial charge in [-0.15, -0.1) is 11.6 Å². The zero-order chi connectivity index (χ0) is 8.97. The third kappa shape index (κ3) is 2.39. The first kappa shape index (κ1) is 8.80. The van der Waals surface area contributed by atoms with Crippen LogP contribution < -0.4 is 5.32 Å². The van der Waals surface area contributed by atoms with Crippen molar-refractivity contribution >= 4 is 23.4 Å². The Morgan fingerprint density at radius 2 is 2.42 bits per heavy atom. The molecule has 0 aliphatic rings. The molecule has 0 radical (unpaired) electrons. The second-order valence-electron chi connectivity index (χ2n) is 2.15. The van der Waals surface area contributed by atoms with E-state index in [2.05, 4.69) is 10.3 Å². The molecule has 0 saturated heterocycles. The number of amides is 1. The van der Waals surface area contributed by atoms with Crippen molar-refractivity contribution in [1.29, 1.82) is 0 Å². The Morgan fingerprint density at radius 1 is 1.67 bits per heavy atom. The van der Waals surface area contributed by atoms with Crippen molar-refractivity contribution in [3.8, 4) is 0 Å². The monoisotopic (exact) mass is 186 g/mol. The van der Waals surface area contributed by atoms with Crippen LogP contribution >= 0.6 is 11.6 Å². The Kier molecular flexibility index (Phi) is 2.88.